The second-order valence-electron chi connectivity index (χ2n) is 6.04. The van der Waals surface area contributed by atoms with Gasteiger partial charge in [0.05, 0.1) is 6.42 Å². The minimum absolute atomic E-state index is 0.0988. The van der Waals surface area contributed by atoms with Crippen LogP contribution in [-0.2, 0) is 11.2 Å². The molecule has 1 heterocycles. The Bertz CT molecular complexity index is 855. The van der Waals surface area contributed by atoms with E-state index < -0.39 is 0 Å². The van der Waals surface area contributed by atoms with E-state index in [1.807, 2.05) is 48.5 Å². The van der Waals surface area contributed by atoms with E-state index in [1.54, 1.807) is 0 Å². The molecule has 3 aromatic rings. The smallest absolute Gasteiger partial charge is 0.322 e. The van der Waals surface area contributed by atoms with Crippen molar-refractivity contribution in [1.82, 2.24) is 10.2 Å². The highest BCUT2D eigenvalue weighted by molar-refractivity contribution is 9.10. The van der Waals surface area contributed by atoms with Crippen molar-refractivity contribution in [2.45, 2.75) is 26.2 Å². The number of carbonyl (C=O) groups is 1. The van der Waals surface area contributed by atoms with E-state index in [2.05, 4.69) is 45.3 Å². The molecule has 128 valence electrons. The molecule has 25 heavy (non-hydrogen) atoms. The average molecular weight is 400 g/mol. The summed E-state index contributed by atoms with van der Waals surface area (Å²) in [6.45, 7) is 4.28. The molecule has 0 unspecified atom stereocenters. The van der Waals surface area contributed by atoms with Crippen molar-refractivity contribution in [3.63, 3.8) is 0 Å². The molecule has 0 bridgehead atoms. The molecule has 2 aromatic carbocycles. The first-order valence-corrected chi connectivity index (χ1v) is 8.78. The Hall–Kier alpha value is -2.47. The number of nitrogens with zero attached hydrogens (tertiary/aromatic N) is 2. The van der Waals surface area contributed by atoms with Crippen LogP contribution in [0.3, 0.4) is 0 Å². The van der Waals surface area contributed by atoms with Gasteiger partial charge in [-0.1, -0.05) is 59.1 Å². The molecule has 5 nitrogen and oxygen atoms in total. The lowest BCUT2D eigenvalue weighted by Gasteiger charge is -2.06. The topological polar surface area (TPSA) is 68.0 Å². The average Bonchev–Trinajstić information content (AvgIpc) is 3.04. The first-order chi connectivity index (χ1) is 12.0. The number of anilines is 1. The van der Waals surface area contributed by atoms with Crippen LogP contribution < -0.4 is 5.32 Å². The number of rotatable bonds is 5. The Kier molecular flexibility index (Phi) is 5.28. The van der Waals surface area contributed by atoms with Crippen molar-refractivity contribution >= 4 is 27.9 Å². The molecule has 0 atom stereocenters. The summed E-state index contributed by atoms with van der Waals surface area (Å²) in [5, 5.41) is 10.5. The summed E-state index contributed by atoms with van der Waals surface area (Å²) in [6, 6.07) is 15.6. The summed E-state index contributed by atoms with van der Waals surface area (Å²) >= 11 is 3.38. The van der Waals surface area contributed by atoms with E-state index in [0.29, 0.717) is 11.8 Å². The van der Waals surface area contributed by atoms with Crippen molar-refractivity contribution in [2.24, 2.45) is 0 Å². The van der Waals surface area contributed by atoms with Crippen molar-refractivity contribution in [3.05, 3.63) is 64.1 Å². The highest BCUT2D eigenvalue weighted by atomic mass is 79.9. The molecule has 1 N–H and O–H groups in total. The van der Waals surface area contributed by atoms with Crippen molar-refractivity contribution in [3.8, 4) is 11.5 Å². The van der Waals surface area contributed by atoms with E-state index in [0.717, 1.165) is 15.6 Å². The third-order valence-electron chi connectivity index (χ3n) is 3.77. The molecular weight excluding hydrogens is 382 g/mol. The van der Waals surface area contributed by atoms with Crippen molar-refractivity contribution in [1.29, 1.82) is 0 Å². The summed E-state index contributed by atoms with van der Waals surface area (Å²) in [5.74, 6) is 0.644. The van der Waals surface area contributed by atoms with Gasteiger partial charge in [0.1, 0.15) is 0 Å². The summed E-state index contributed by atoms with van der Waals surface area (Å²) in [5.41, 5.74) is 2.98. The number of nitrogens with one attached hydrogen (secondary N) is 1. The first-order valence-electron chi connectivity index (χ1n) is 7.99. The lowest BCUT2D eigenvalue weighted by atomic mass is 10.0. The maximum absolute atomic E-state index is 12.1. The molecule has 0 aliphatic carbocycles. The molecule has 1 aromatic heterocycles. The van der Waals surface area contributed by atoms with Gasteiger partial charge in [-0.3, -0.25) is 10.1 Å². The van der Waals surface area contributed by atoms with E-state index in [1.165, 1.54) is 5.56 Å². The predicted molar refractivity (Wildman–Crippen MR) is 100 cm³/mol. The molecule has 6 heteroatoms. The number of halogens is 1. The normalized spacial score (nSPS) is 10.9. The summed E-state index contributed by atoms with van der Waals surface area (Å²) in [4.78, 5) is 12.1. The lowest BCUT2D eigenvalue weighted by Crippen LogP contribution is -2.14. The monoisotopic (exact) mass is 399 g/mol. The minimum Gasteiger partial charge on any atom is -0.403 e. The highest BCUT2D eigenvalue weighted by Gasteiger charge is 2.12. The van der Waals surface area contributed by atoms with Gasteiger partial charge in [0.2, 0.25) is 11.8 Å². The number of amides is 1. The Morgan fingerprint density at radius 1 is 1.08 bits per heavy atom. The zero-order valence-corrected chi connectivity index (χ0v) is 15.6. The van der Waals surface area contributed by atoms with Gasteiger partial charge in [0, 0.05) is 10.0 Å². The Morgan fingerprint density at radius 2 is 1.76 bits per heavy atom. The van der Waals surface area contributed by atoms with Gasteiger partial charge >= 0.3 is 6.01 Å². The third-order valence-corrected chi connectivity index (χ3v) is 4.30. The van der Waals surface area contributed by atoms with E-state index in [-0.39, 0.29) is 18.3 Å². The molecule has 0 spiro atoms. The van der Waals surface area contributed by atoms with E-state index in [4.69, 9.17) is 4.42 Å². The fraction of sp³-hybridized carbons (Fsp3) is 0.211. The van der Waals surface area contributed by atoms with Crippen LogP contribution in [0, 0.1) is 0 Å². The predicted octanol–water partition coefficient (Wildman–Crippen LogP) is 4.80. The molecule has 0 radical (unpaired) electrons. The maximum atomic E-state index is 12.1. The van der Waals surface area contributed by atoms with Gasteiger partial charge in [0.15, 0.2) is 0 Å². The second-order valence-corrected chi connectivity index (χ2v) is 6.96. The fourth-order valence-corrected chi connectivity index (χ4v) is 2.62. The lowest BCUT2D eigenvalue weighted by molar-refractivity contribution is -0.115. The molecule has 0 saturated heterocycles. The molecule has 0 saturated carbocycles. The number of carbonyl (C=O) groups excluding carboxylic acids is 1. The minimum atomic E-state index is -0.191. The number of hydrogen-bond acceptors (Lipinski definition) is 4. The standard InChI is InChI=1S/C19H18BrN3O2/c1-12(2)14-5-3-13(4-6-14)11-17(24)21-19-23-22-18(25-19)15-7-9-16(20)10-8-15/h3-10,12H,11H2,1-2H3,(H,21,23,24). The first kappa shape index (κ1) is 17.4. The highest BCUT2D eigenvalue weighted by Crippen LogP contribution is 2.22. The zero-order chi connectivity index (χ0) is 17.8. The molecule has 0 aliphatic rings. The van der Waals surface area contributed by atoms with Crippen LogP contribution in [0.15, 0.2) is 57.4 Å². The fourth-order valence-electron chi connectivity index (χ4n) is 2.35. The zero-order valence-electron chi connectivity index (χ0n) is 14.0. The van der Waals surface area contributed by atoms with Crippen LogP contribution in [0.2, 0.25) is 0 Å². The van der Waals surface area contributed by atoms with Gasteiger partial charge in [-0.15, -0.1) is 5.10 Å². The maximum Gasteiger partial charge on any atom is 0.322 e. The van der Waals surface area contributed by atoms with Crippen LogP contribution in [0.5, 0.6) is 0 Å². The molecule has 1 amide bonds. The largest absolute Gasteiger partial charge is 0.403 e. The Labute approximate surface area is 154 Å². The quantitative estimate of drug-likeness (QED) is 0.668. The molecule has 0 fully saturated rings. The third kappa shape index (κ3) is 4.54. The van der Waals surface area contributed by atoms with Gasteiger partial charge in [-0.2, -0.15) is 0 Å². The van der Waals surface area contributed by atoms with Gasteiger partial charge in [-0.25, -0.2) is 0 Å². The Balaban J connectivity index is 1.62. The molecule has 0 aliphatic heterocycles. The van der Waals surface area contributed by atoms with Crippen LogP contribution >= 0.6 is 15.9 Å². The second kappa shape index (κ2) is 7.61. The van der Waals surface area contributed by atoms with Crippen LogP contribution in [0.25, 0.3) is 11.5 Å². The number of benzene rings is 2. The number of aromatic nitrogens is 2. The van der Waals surface area contributed by atoms with Crippen LogP contribution in [0.1, 0.15) is 30.9 Å². The van der Waals surface area contributed by atoms with Crippen molar-refractivity contribution < 1.29 is 9.21 Å². The van der Waals surface area contributed by atoms with Gasteiger partial charge in [-0.05, 0) is 41.3 Å². The summed E-state index contributed by atoms with van der Waals surface area (Å²) in [7, 11) is 0. The van der Waals surface area contributed by atoms with Crippen molar-refractivity contribution in [2.75, 3.05) is 5.32 Å². The SMILES string of the molecule is CC(C)c1ccc(CC(=O)Nc2nnc(-c3ccc(Br)cc3)o2)cc1. The Morgan fingerprint density at radius 3 is 2.40 bits per heavy atom. The van der Waals surface area contributed by atoms with Gasteiger partial charge in [0.25, 0.3) is 0 Å². The molecule has 3 rings (SSSR count). The molecular formula is C19H18BrN3O2. The van der Waals surface area contributed by atoms with Crippen LogP contribution in [-0.4, -0.2) is 16.1 Å². The van der Waals surface area contributed by atoms with E-state index >= 15 is 0 Å². The summed E-state index contributed by atoms with van der Waals surface area (Å²) in [6.07, 6.45) is 0.258. The number of hydrogen-bond donors (Lipinski definition) is 1. The van der Waals surface area contributed by atoms with Crippen LogP contribution in [0.4, 0.5) is 6.01 Å². The summed E-state index contributed by atoms with van der Waals surface area (Å²) < 4.78 is 6.46. The van der Waals surface area contributed by atoms with E-state index in [9.17, 15) is 4.79 Å². The van der Waals surface area contributed by atoms with Gasteiger partial charge < -0.3 is 4.42 Å².